The van der Waals surface area contributed by atoms with E-state index in [9.17, 15) is 0 Å². The van der Waals surface area contributed by atoms with E-state index in [4.69, 9.17) is 5.48 Å². The fourth-order valence-electron chi connectivity index (χ4n) is 1.41. The molecule has 0 saturated heterocycles. The molecule has 1 heterocycles. The first-order valence-electron chi connectivity index (χ1n) is 7.26. The van der Waals surface area contributed by atoms with Gasteiger partial charge in [-0.2, -0.15) is 0 Å². The van der Waals surface area contributed by atoms with Gasteiger partial charge in [-0.25, -0.2) is 0 Å². The zero-order chi connectivity index (χ0) is 15.1. The molecule has 0 spiro atoms. The molecule has 0 fully saturated rings. The molecule has 16 heavy (non-hydrogen) atoms. The SMILES string of the molecule is [2H]c1cc(-c2cc[c]([Ge]([CH3])([CH3])[CH3])cn2)c([2H])c([2H])c1[2H]. The Morgan fingerprint density at radius 3 is 2.50 bits per heavy atom. The molecule has 0 aliphatic heterocycles. The molecule has 0 unspecified atom stereocenters. The molecule has 0 amide bonds. The normalized spacial score (nSPS) is 14.9. The average Bonchev–Trinajstić information content (AvgIpc) is 2.40. The van der Waals surface area contributed by atoms with Gasteiger partial charge in [0.2, 0.25) is 0 Å². The third-order valence-corrected chi connectivity index (χ3v) is 6.71. The average molecular weight is 276 g/mol. The second-order valence-electron chi connectivity index (χ2n) is 4.76. The third-order valence-electron chi connectivity index (χ3n) is 2.45. The van der Waals surface area contributed by atoms with Crippen LogP contribution in [0.15, 0.2) is 48.6 Å². The van der Waals surface area contributed by atoms with E-state index in [2.05, 4.69) is 22.3 Å². The summed E-state index contributed by atoms with van der Waals surface area (Å²) in [5, 5.41) is 0. The Morgan fingerprint density at radius 2 is 1.88 bits per heavy atom. The number of nitrogens with zero attached hydrogens (tertiary/aromatic N) is 1. The van der Waals surface area contributed by atoms with Gasteiger partial charge in [-0.15, -0.1) is 0 Å². The van der Waals surface area contributed by atoms with Gasteiger partial charge in [-0.1, -0.05) is 0 Å². The zero-order valence-electron chi connectivity index (χ0n) is 13.8. The monoisotopic (exact) mass is 277 g/mol. The molecule has 0 radical (unpaired) electrons. The molecule has 0 bridgehead atoms. The number of aromatic nitrogens is 1. The maximum atomic E-state index is 7.93. The van der Waals surface area contributed by atoms with Crippen molar-refractivity contribution in [3.8, 4) is 11.3 Å². The van der Waals surface area contributed by atoms with Gasteiger partial charge in [-0.3, -0.25) is 0 Å². The standard InChI is InChI=1S/C14H17GeN/c1-15(2,3)13-9-10-14(16-11-13)12-7-5-4-6-8-12/h4-11H,1-3H3/i4D,5D,6D,7D. The number of hydrogen-bond acceptors (Lipinski definition) is 1. The molecular weight excluding hydrogens is 255 g/mol. The topological polar surface area (TPSA) is 12.9 Å². The molecule has 82 valence electrons. The Morgan fingerprint density at radius 1 is 1.06 bits per heavy atom. The van der Waals surface area contributed by atoms with Crippen molar-refractivity contribution in [2.45, 2.75) is 17.3 Å². The van der Waals surface area contributed by atoms with E-state index in [1.165, 1.54) is 10.5 Å². The van der Waals surface area contributed by atoms with E-state index in [1.807, 2.05) is 18.3 Å². The molecule has 1 nitrogen and oxygen atoms in total. The van der Waals surface area contributed by atoms with Crippen LogP contribution in [0.2, 0.25) is 17.3 Å². The summed E-state index contributed by atoms with van der Waals surface area (Å²) in [5.74, 6) is 6.85. The van der Waals surface area contributed by atoms with Crippen molar-refractivity contribution >= 4 is 17.7 Å². The van der Waals surface area contributed by atoms with Crippen LogP contribution < -0.4 is 4.40 Å². The Bertz CT molecular complexity index is 648. The van der Waals surface area contributed by atoms with Crippen LogP contribution >= 0.6 is 0 Å². The summed E-state index contributed by atoms with van der Waals surface area (Å²) in [6.45, 7) is 0. The minimum atomic E-state index is -1.91. The van der Waals surface area contributed by atoms with Crippen molar-refractivity contribution < 1.29 is 5.48 Å². The van der Waals surface area contributed by atoms with Crippen LogP contribution in [0.3, 0.4) is 0 Å². The van der Waals surface area contributed by atoms with E-state index in [0.717, 1.165) is 0 Å². The van der Waals surface area contributed by atoms with Gasteiger partial charge in [0, 0.05) is 0 Å². The predicted octanol–water partition coefficient (Wildman–Crippen LogP) is 3.29. The van der Waals surface area contributed by atoms with Gasteiger partial charge in [0.1, 0.15) is 0 Å². The van der Waals surface area contributed by atoms with Gasteiger partial charge >= 0.3 is 105 Å². The van der Waals surface area contributed by atoms with Crippen LogP contribution in [0.25, 0.3) is 11.3 Å². The van der Waals surface area contributed by atoms with Crippen LogP contribution in [0.1, 0.15) is 5.48 Å². The Labute approximate surface area is 106 Å². The summed E-state index contributed by atoms with van der Waals surface area (Å²) in [6, 6.07) is 4.82. The van der Waals surface area contributed by atoms with Gasteiger partial charge in [0.25, 0.3) is 0 Å². The fraction of sp³-hybridized carbons (Fsp3) is 0.214. The van der Waals surface area contributed by atoms with Crippen molar-refractivity contribution in [3.05, 3.63) is 48.6 Å². The van der Waals surface area contributed by atoms with Crippen LogP contribution in [0.4, 0.5) is 0 Å². The summed E-state index contributed by atoms with van der Waals surface area (Å²) in [4.78, 5) is 4.39. The van der Waals surface area contributed by atoms with E-state index in [0.29, 0.717) is 11.3 Å². The van der Waals surface area contributed by atoms with Crippen molar-refractivity contribution in [1.82, 2.24) is 4.98 Å². The molecule has 0 N–H and O–H groups in total. The second kappa shape index (κ2) is 4.42. The number of pyridine rings is 1. The molecule has 0 aliphatic rings. The fourth-order valence-corrected chi connectivity index (χ4v) is 3.59. The Balaban J connectivity index is 2.53. The van der Waals surface area contributed by atoms with Gasteiger partial charge in [0.15, 0.2) is 0 Å². The summed E-state index contributed by atoms with van der Waals surface area (Å²) in [5.41, 5.74) is 1.04. The third kappa shape index (κ3) is 2.53. The Hall–Kier alpha value is -1.09. The summed E-state index contributed by atoms with van der Waals surface area (Å²) >= 11 is -1.91. The molecule has 0 atom stereocenters. The minimum absolute atomic E-state index is 0.0384. The molecular formula is C14H17GeN. The molecule has 1 aromatic heterocycles. The quantitative estimate of drug-likeness (QED) is 0.767. The summed E-state index contributed by atoms with van der Waals surface area (Å²) in [7, 11) is 0. The van der Waals surface area contributed by atoms with Crippen LogP contribution in [-0.2, 0) is 0 Å². The van der Waals surface area contributed by atoms with E-state index in [1.54, 1.807) is 0 Å². The van der Waals surface area contributed by atoms with Gasteiger partial charge in [-0.05, 0) is 0 Å². The maximum absolute atomic E-state index is 7.93. The van der Waals surface area contributed by atoms with E-state index >= 15 is 0 Å². The van der Waals surface area contributed by atoms with Crippen molar-refractivity contribution in [3.63, 3.8) is 0 Å². The molecule has 2 heteroatoms. The van der Waals surface area contributed by atoms with Gasteiger partial charge in [0.05, 0.1) is 0 Å². The first kappa shape index (κ1) is 7.28. The molecule has 0 saturated carbocycles. The summed E-state index contributed by atoms with van der Waals surface area (Å²) in [6.07, 6.45) is 1.84. The number of hydrogen-bond donors (Lipinski definition) is 0. The van der Waals surface area contributed by atoms with Crippen molar-refractivity contribution in [2.24, 2.45) is 0 Å². The van der Waals surface area contributed by atoms with Crippen LogP contribution in [-0.4, -0.2) is 18.3 Å². The molecule has 2 aromatic rings. The Kier molecular flexibility index (Phi) is 2.01. The summed E-state index contributed by atoms with van der Waals surface area (Å²) < 4.78 is 32.1. The molecule has 1 aromatic carbocycles. The zero-order valence-corrected chi connectivity index (χ0v) is 11.9. The van der Waals surface area contributed by atoms with E-state index < -0.39 is 13.3 Å². The predicted molar refractivity (Wildman–Crippen MR) is 72.7 cm³/mol. The van der Waals surface area contributed by atoms with E-state index in [-0.39, 0.29) is 24.2 Å². The van der Waals surface area contributed by atoms with Crippen molar-refractivity contribution in [2.75, 3.05) is 0 Å². The first-order chi connectivity index (χ1) is 9.21. The first-order valence-corrected chi connectivity index (χ1v) is 12.6. The molecule has 2 rings (SSSR count). The second-order valence-corrected chi connectivity index (χ2v) is 15.4. The van der Waals surface area contributed by atoms with Crippen molar-refractivity contribution in [1.29, 1.82) is 0 Å². The van der Waals surface area contributed by atoms with Gasteiger partial charge < -0.3 is 0 Å². The molecule has 0 aliphatic carbocycles. The van der Waals surface area contributed by atoms with Crippen LogP contribution in [0.5, 0.6) is 0 Å². The number of rotatable bonds is 2. The number of benzene rings is 1. The van der Waals surface area contributed by atoms with Crippen LogP contribution in [0, 0.1) is 0 Å².